The summed E-state index contributed by atoms with van der Waals surface area (Å²) in [6.07, 6.45) is 2.34. The summed E-state index contributed by atoms with van der Waals surface area (Å²) in [5.41, 5.74) is -7.05. The van der Waals surface area contributed by atoms with Gasteiger partial charge in [-0.1, -0.05) is 54.0 Å². The van der Waals surface area contributed by atoms with Crippen LogP contribution in [0.1, 0.15) is 108 Å². The summed E-state index contributed by atoms with van der Waals surface area (Å²) in [6, 6.07) is 0. The summed E-state index contributed by atoms with van der Waals surface area (Å²) in [6.45, 7) is 30.6. The highest BCUT2D eigenvalue weighted by Crippen LogP contribution is 2.68. The lowest BCUT2D eigenvalue weighted by Crippen LogP contribution is -2.87. The minimum Gasteiger partial charge on any atom is -0.457 e. The van der Waals surface area contributed by atoms with E-state index < -0.39 is 78.0 Å². The number of esters is 1. The average molecular weight is 707 g/mol. The average Bonchev–Trinajstić information content (AvgIpc) is 2.99. The molecule has 2 heterocycles. The van der Waals surface area contributed by atoms with Crippen molar-refractivity contribution in [2.24, 2.45) is 16.7 Å². The molecule has 11 heteroatoms. The molecule has 2 saturated heterocycles. The Morgan fingerprint density at radius 2 is 1.65 bits per heavy atom. The third-order valence-corrected chi connectivity index (χ3v) is 17.7. The smallest absolute Gasteiger partial charge is 0.410 e. The Labute approximate surface area is 296 Å². The summed E-state index contributed by atoms with van der Waals surface area (Å²) in [7, 11) is -2.47. The third-order valence-electron chi connectivity index (χ3n) is 13.2. The molecule has 4 aliphatic rings. The molecule has 1 amide bonds. The second-order valence-electron chi connectivity index (χ2n) is 18.0. The molecule has 2 aliphatic carbocycles. The zero-order valence-corrected chi connectivity index (χ0v) is 33.6. The van der Waals surface area contributed by atoms with Gasteiger partial charge in [-0.2, -0.15) is 0 Å². The number of likely N-dealkylation sites (tertiary alicyclic amines) is 1. The number of fused-ring (bicyclic) bond motifs is 3. The molecule has 0 unspecified atom stereocenters. The van der Waals surface area contributed by atoms with E-state index >= 15 is 0 Å². The Balaban J connectivity index is 1.99. The highest BCUT2D eigenvalue weighted by Gasteiger charge is 2.82. The fourth-order valence-corrected chi connectivity index (χ4v) is 10.8. The maximum absolute atomic E-state index is 14.9. The van der Waals surface area contributed by atoms with E-state index in [1.165, 1.54) is 4.90 Å². The van der Waals surface area contributed by atoms with Crippen molar-refractivity contribution in [1.29, 1.82) is 0 Å². The Kier molecular flexibility index (Phi) is 11.1. The number of rotatable bonds is 9. The molecule has 0 aromatic carbocycles. The van der Waals surface area contributed by atoms with Gasteiger partial charge in [0.25, 0.3) is 0 Å². The van der Waals surface area contributed by atoms with Crippen LogP contribution < -0.4 is 0 Å². The monoisotopic (exact) mass is 706 g/mol. The number of nitrogens with zero attached hydrogens (tertiary/aromatic N) is 2. The van der Waals surface area contributed by atoms with Crippen LogP contribution in [0, 0.1) is 16.7 Å². The van der Waals surface area contributed by atoms with Gasteiger partial charge in [0.15, 0.2) is 25.8 Å². The Morgan fingerprint density at radius 3 is 2.18 bits per heavy atom. The maximum Gasteiger partial charge on any atom is 0.410 e. The topological polar surface area (TPSA) is 115 Å². The predicted octanol–water partition coefficient (Wildman–Crippen LogP) is 6.50. The highest BCUT2D eigenvalue weighted by atomic mass is 28.4. The fourth-order valence-electron chi connectivity index (χ4n) is 9.41. The van der Waals surface area contributed by atoms with Crippen LogP contribution in [0.25, 0.3) is 0 Å². The molecule has 1 N–H and O–H groups in total. The minimum absolute atomic E-state index is 0.103. The van der Waals surface area contributed by atoms with Crippen molar-refractivity contribution in [3.63, 3.8) is 0 Å². The number of hydrogen-bond donors (Lipinski definition) is 1. The van der Waals surface area contributed by atoms with Crippen LogP contribution in [-0.4, -0.2) is 109 Å². The number of ketones is 1. The van der Waals surface area contributed by atoms with E-state index in [1.54, 1.807) is 19.9 Å². The van der Waals surface area contributed by atoms with Crippen LogP contribution in [0.2, 0.25) is 18.1 Å². The van der Waals surface area contributed by atoms with Crippen LogP contribution in [-0.2, 0) is 28.2 Å². The molecular weight excluding hydrogens is 641 g/mol. The quantitative estimate of drug-likeness (QED) is 0.163. The second kappa shape index (κ2) is 13.6. The largest absolute Gasteiger partial charge is 0.457 e. The van der Waals surface area contributed by atoms with E-state index in [0.717, 1.165) is 32.4 Å². The van der Waals surface area contributed by atoms with Crippen molar-refractivity contribution in [2.45, 2.75) is 161 Å². The molecule has 4 rings (SSSR count). The molecule has 280 valence electrons. The molecular formula is C38H66N2O8Si. The van der Waals surface area contributed by atoms with Gasteiger partial charge in [0, 0.05) is 30.8 Å². The van der Waals surface area contributed by atoms with Gasteiger partial charge in [0.05, 0.1) is 18.2 Å². The van der Waals surface area contributed by atoms with Crippen molar-refractivity contribution in [3.05, 3.63) is 12.7 Å². The highest BCUT2D eigenvalue weighted by molar-refractivity contribution is 6.74. The van der Waals surface area contributed by atoms with Crippen molar-refractivity contribution in [3.8, 4) is 0 Å². The molecule has 8 atom stereocenters. The molecule has 2 saturated carbocycles. The number of piperidine rings is 1. The normalized spacial score (nSPS) is 38.2. The van der Waals surface area contributed by atoms with Gasteiger partial charge in [0.1, 0.15) is 11.7 Å². The Hall–Kier alpha value is -1.79. The Morgan fingerprint density at radius 1 is 1.06 bits per heavy atom. The molecule has 0 radical (unpaired) electrons. The zero-order chi connectivity index (χ0) is 37.0. The first kappa shape index (κ1) is 40.0. The molecule has 0 bridgehead atoms. The van der Waals surface area contributed by atoms with E-state index in [0.29, 0.717) is 25.9 Å². The van der Waals surface area contributed by atoms with Crippen LogP contribution in [0.4, 0.5) is 4.79 Å². The first-order chi connectivity index (χ1) is 22.5. The van der Waals surface area contributed by atoms with E-state index in [2.05, 4.69) is 59.2 Å². The lowest BCUT2D eigenvalue weighted by Gasteiger charge is -2.72. The fraction of sp³-hybridized carbons (Fsp3) is 0.868. The Bertz CT molecular complexity index is 1270. The third kappa shape index (κ3) is 6.69. The number of ether oxygens (including phenoxy) is 3. The minimum atomic E-state index is -2.47. The van der Waals surface area contributed by atoms with Crippen LogP contribution in [0.5, 0.6) is 0 Å². The van der Waals surface area contributed by atoms with Gasteiger partial charge >= 0.3 is 12.1 Å². The standard InChI is InChI=1S/C38H66N2O8Si/c1-14-35(9)24-26(41)38(44)36(10)27(47-49(12,13)33(4,5)6)20-21-34(7,8)30(36)29(45-28(42)25-39-22-18-17-19-23-39)31(37(38,11)48-35)46-32(43)40(15-2)16-3/h14,27,29-31,44H,1,15-25H2,2-13H3/t27-,29-,30-,31-,35-,36-,37+,38-/m0/s1. The maximum atomic E-state index is 14.9. The van der Waals surface area contributed by atoms with Gasteiger partial charge in [-0.15, -0.1) is 6.58 Å². The molecule has 49 heavy (non-hydrogen) atoms. The van der Waals surface area contributed by atoms with Crippen molar-refractivity contribution >= 4 is 26.2 Å². The molecule has 0 aromatic heterocycles. The van der Waals surface area contributed by atoms with Crippen LogP contribution in [0.15, 0.2) is 12.7 Å². The summed E-state index contributed by atoms with van der Waals surface area (Å²) in [5, 5.41) is 13.4. The van der Waals surface area contributed by atoms with E-state index in [9.17, 15) is 19.5 Å². The van der Waals surface area contributed by atoms with E-state index in [-0.39, 0.29) is 18.0 Å². The molecule has 10 nitrogen and oxygen atoms in total. The molecule has 4 fully saturated rings. The summed E-state index contributed by atoms with van der Waals surface area (Å²) in [5.74, 6) is -1.48. The summed E-state index contributed by atoms with van der Waals surface area (Å²) in [4.78, 5) is 46.5. The van der Waals surface area contributed by atoms with Gasteiger partial charge in [-0.05, 0) is 90.0 Å². The number of hydrogen-bond acceptors (Lipinski definition) is 9. The SMILES string of the molecule is C=C[C@@]1(C)CC(=O)[C@]2(O)[C@@]3(C)[C@@H](O[Si](C)(C)C(C)(C)C)CCC(C)(C)[C@@H]3[C@H](OC(=O)CN3CCCCC3)[C@H](OC(=O)N(CC)CC)[C@@]2(C)O1. The second-order valence-corrected chi connectivity index (χ2v) is 22.7. The molecule has 0 spiro atoms. The van der Waals surface area contributed by atoms with Gasteiger partial charge in [0.2, 0.25) is 0 Å². The first-order valence-electron chi connectivity index (χ1n) is 18.6. The summed E-state index contributed by atoms with van der Waals surface area (Å²) < 4.78 is 27.2. The molecule has 0 aromatic rings. The zero-order valence-electron chi connectivity index (χ0n) is 32.6. The van der Waals surface area contributed by atoms with Crippen LogP contribution in [0.3, 0.4) is 0 Å². The number of Topliss-reactive ketones (excluding diaryl/α,β-unsaturated/α-hetero) is 1. The van der Waals surface area contributed by atoms with Crippen molar-refractivity contribution in [2.75, 3.05) is 32.7 Å². The van der Waals surface area contributed by atoms with Gasteiger partial charge < -0.3 is 28.6 Å². The van der Waals surface area contributed by atoms with Gasteiger partial charge in [-0.25, -0.2) is 4.79 Å². The van der Waals surface area contributed by atoms with E-state index in [1.807, 2.05) is 20.8 Å². The first-order valence-corrected chi connectivity index (χ1v) is 21.5. The lowest BCUT2D eigenvalue weighted by atomic mass is 9.39. The molecule has 2 aliphatic heterocycles. The predicted molar refractivity (Wildman–Crippen MR) is 193 cm³/mol. The number of aliphatic hydroxyl groups is 1. The lowest BCUT2D eigenvalue weighted by molar-refractivity contribution is -0.368. The summed E-state index contributed by atoms with van der Waals surface area (Å²) >= 11 is 0. The van der Waals surface area contributed by atoms with Crippen molar-refractivity contribution in [1.82, 2.24) is 9.80 Å². The van der Waals surface area contributed by atoms with Crippen molar-refractivity contribution < 1.29 is 38.1 Å². The number of carbonyl (C=O) groups excluding carboxylic acids is 3. The van der Waals surface area contributed by atoms with E-state index in [4.69, 9.17) is 18.6 Å². The number of amides is 1. The number of carbonyl (C=O) groups is 3. The van der Waals surface area contributed by atoms with Gasteiger partial charge in [-0.3, -0.25) is 14.5 Å². The van der Waals surface area contributed by atoms with Crippen LogP contribution >= 0.6 is 0 Å².